The second-order valence-corrected chi connectivity index (χ2v) is 12.6. The Balaban J connectivity index is 1.49. The van der Waals surface area contributed by atoms with Gasteiger partial charge in [-0.05, 0) is 36.5 Å². The molecule has 13 heteroatoms. The minimum absolute atomic E-state index is 0.0481. The maximum Gasteiger partial charge on any atom is 0.413 e. The lowest BCUT2D eigenvalue weighted by atomic mass is 9.96. The zero-order valence-electron chi connectivity index (χ0n) is 24.0. The third-order valence-electron chi connectivity index (χ3n) is 7.73. The molecule has 2 N–H and O–H groups in total. The average Bonchev–Trinajstić information content (AvgIpc) is 3.49. The maximum absolute atomic E-state index is 13.9. The molecule has 0 saturated heterocycles. The van der Waals surface area contributed by atoms with Gasteiger partial charge in [-0.2, -0.15) is 18.4 Å². The Hall–Kier alpha value is -4.37. The molecule has 1 aliphatic carbocycles. The fourth-order valence-electron chi connectivity index (χ4n) is 5.31. The number of alkyl halides is 3. The normalized spacial score (nSPS) is 15.4. The number of aromatic nitrogens is 6. The van der Waals surface area contributed by atoms with Gasteiger partial charge in [0, 0.05) is 36.4 Å². The molecule has 222 valence electrons. The van der Waals surface area contributed by atoms with Crippen LogP contribution in [0.5, 0.6) is 0 Å². The van der Waals surface area contributed by atoms with E-state index in [9.17, 15) is 18.4 Å². The molecular formula is C30H29ClF3N9. The highest BCUT2D eigenvalue weighted by Gasteiger charge is 2.66. The van der Waals surface area contributed by atoms with Gasteiger partial charge in [0.2, 0.25) is 0 Å². The van der Waals surface area contributed by atoms with Gasteiger partial charge in [-0.1, -0.05) is 49.7 Å². The van der Waals surface area contributed by atoms with Gasteiger partial charge in [0.1, 0.15) is 11.8 Å². The molecule has 1 saturated carbocycles. The van der Waals surface area contributed by atoms with Crippen molar-refractivity contribution in [2.45, 2.75) is 51.4 Å². The van der Waals surface area contributed by atoms with Crippen molar-refractivity contribution in [3.8, 4) is 6.07 Å². The van der Waals surface area contributed by atoms with Crippen LogP contribution >= 0.6 is 11.6 Å². The van der Waals surface area contributed by atoms with E-state index >= 15 is 0 Å². The molecule has 0 bridgehead atoms. The molecule has 0 radical (unpaired) electrons. The summed E-state index contributed by atoms with van der Waals surface area (Å²) in [4.78, 5) is 8.88. The summed E-state index contributed by atoms with van der Waals surface area (Å²) in [6, 6.07) is 10.6. The second kappa shape index (κ2) is 10.1. The van der Waals surface area contributed by atoms with Crippen molar-refractivity contribution in [2.24, 2.45) is 12.5 Å². The molecule has 43 heavy (non-hydrogen) atoms. The SMILES string of the molecule is Cn1cnc2cccc([C@H](Nc3cc(Cl)c4ncc(C#N)c(NCC(C)(C)C)c4c3)c3cn(C4(C(F)(F)F)CC4)nn3)c21. The van der Waals surface area contributed by atoms with Gasteiger partial charge in [-0.15, -0.1) is 5.10 Å². The van der Waals surface area contributed by atoms with Crippen LogP contribution in [-0.4, -0.2) is 42.2 Å². The third kappa shape index (κ3) is 5.12. The number of halogens is 4. The van der Waals surface area contributed by atoms with E-state index in [4.69, 9.17) is 11.6 Å². The summed E-state index contributed by atoms with van der Waals surface area (Å²) in [5.41, 5.74) is 2.49. The zero-order chi connectivity index (χ0) is 30.7. The molecule has 1 atom stereocenters. The summed E-state index contributed by atoms with van der Waals surface area (Å²) >= 11 is 6.74. The second-order valence-electron chi connectivity index (χ2n) is 12.2. The minimum atomic E-state index is -4.45. The lowest BCUT2D eigenvalue weighted by molar-refractivity contribution is -0.182. The van der Waals surface area contributed by atoms with E-state index in [0.717, 1.165) is 21.3 Å². The lowest BCUT2D eigenvalue weighted by Crippen LogP contribution is -2.35. The van der Waals surface area contributed by atoms with Crippen LogP contribution in [0.2, 0.25) is 5.02 Å². The van der Waals surface area contributed by atoms with Crippen LogP contribution in [0.3, 0.4) is 0 Å². The van der Waals surface area contributed by atoms with Gasteiger partial charge in [-0.3, -0.25) is 4.98 Å². The maximum atomic E-state index is 13.9. The van der Waals surface area contributed by atoms with Crippen molar-refractivity contribution in [3.63, 3.8) is 0 Å². The third-order valence-corrected chi connectivity index (χ3v) is 8.02. The van der Waals surface area contributed by atoms with Crippen molar-refractivity contribution >= 4 is 44.9 Å². The Kier molecular flexibility index (Phi) is 6.76. The molecule has 0 aliphatic heterocycles. The smallest absolute Gasteiger partial charge is 0.383 e. The van der Waals surface area contributed by atoms with E-state index in [1.807, 2.05) is 35.9 Å². The highest BCUT2D eigenvalue weighted by molar-refractivity contribution is 6.35. The van der Waals surface area contributed by atoms with Gasteiger partial charge in [0.15, 0.2) is 5.54 Å². The first kappa shape index (κ1) is 28.7. The number of nitrogens with zero attached hydrogens (tertiary/aromatic N) is 7. The highest BCUT2D eigenvalue weighted by Crippen LogP contribution is 2.55. The minimum Gasteiger partial charge on any atom is -0.383 e. The summed E-state index contributed by atoms with van der Waals surface area (Å²) in [5, 5.41) is 25.9. The fourth-order valence-corrected chi connectivity index (χ4v) is 5.57. The lowest BCUT2D eigenvalue weighted by Gasteiger charge is -2.23. The Morgan fingerprint density at radius 3 is 2.60 bits per heavy atom. The molecule has 5 aromatic rings. The summed E-state index contributed by atoms with van der Waals surface area (Å²) in [6.45, 7) is 6.83. The molecule has 2 aromatic carbocycles. The first-order chi connectivity index (χ1) is 20.3. The largest absolute Gasteiger partial charge is 0.413 e. The number of nitriles is 1. The van der Waals surface area contributed by atoms with Gasteiger partial charge in [-0.25, -0.2) is 9.67 Å². The van der Waals surface area contributed by atoms with Gasteiger partial charge in [0.05, 0.1) is 51.4 Å². The van der Waals surface area contributed by atoms with Crippen molar-refractivity contribution in [1.29, 1.82) is 5.26 Å². The molecule has 3 heterocycles. The molecule has 0 spiro atoms. The molecule has 0 amide bonds. The Labute approximate surface area is 250 Å². The molecule has 3 aromatic heterocycles. The topological polar surface area (TPSA) is 109 Å². The number of hydrogen-bond donors (Lipinski definition) is 2. The number of para-hydroxylation sites is 1. The van der Waals surface area contributed by atoms with Gasteiger partial charge >= 0.3 is 6.18 Å². The van der Waals surface area contributed by atoms with Crippen LogP contribution in [0.15, 0.2) is 49.1 Å². The predicted molar refractivity (Wildman–Crippen MR) is 159 cm³/mol. The Morgan fingerprint density at radius 1 is 1.16 bits per heavy atom. The quantitative estimate of drug-likeness (QED) is 0.206. The predicted octanol–water partition coefficient (Wildman–Crippen LogP) is 6.95. The Bertz CT molecular complexity index is 1890. The number of anilines is 2. The van der Waals surface area contributed by atoms with E-state index < -0.39 is 17.8 Å². The van der Waals surface area contributed by atoms with Crippen molar-refractivity contribution in [1.82, 2.24) is 29.5 Å². The highest BCUT2D eigenvalue weighted by atomic mass is 35.5. The summed E-state index contributed by atoms with van der Waals surface area (Å²) in [5.74, 6) is 0. The molecule has 1 aliphatic rings. The monoisotopic (exact) mass is 607 g/mol. The number of rotatable bonds is 7. The van der Waals surface area contributed by atoms with E-state index in [0.29, 0.717) is 45.1 Å². The summed E-state index contributed by atoms with van der Waals surface area (Å²) < 4.78 is 44.6. The van der Waals surface area contributed by atoms with Gasteiger partial charge < -0.3 is 15.2 Å². The van der Waals surface area contributed by atoms with Crippen molar-refractivity contribution in [3.05, 3.63) is 70.9 Å². The first-order valence-corrected chi connectivity index (χ1v) is 14.1. The number of imidazole rings is 1. The van der Waals surface area contributed by atoms with E-state index in [1.54, 1.807) is 12.4 Å². The van der Waals surface area contributed by atoms with Crippen molar-refractivity contribution in [2.75, 3.05) is 17.2 Å². The first-order valence-electron chi connectivity index (χ1n) is 13.7. The number of pyridine rings is 1. The van der Waals surface area contributed by atoms with Crippen LogP contribution in [0.1, 0.15) is 56.5 Å². The van der Waals surface area contributed by atoms with Crippen molar-refractivity contribution < 1.29 is 13.2 Å². The van der Waals surface area contributed by atoms with Crippen LogP contribution < -0.4 is 10.6 Å². The molecule has 0 unspecified atom stereocenters. The number of fused-ring (bicyclic) bond motifs is 2. The van der Waals surface area contributed by atoms with Gasteiger partial charge in [0.25, 0.3) is 0 Å². The zero-order valence-corrected chi connectivity index (χ0v) is 24.7. The van der Waals surface area contributed by atoms with E-state index in [2.05, 4.69) is 57.8 Å². The number of aryl methyl sites for hydroxylation is 1. The molecule has 9 nitrogen and oxygen atoms in total. The molecule has 1 fully saturated rings. The Morgan fingerprint density at radius 2 is 1.93 bits per heavy atom. The average molecular weight is 608 g/mol. The van der Waals surface area contributed by atoms with E-state index in [-0.39, 0.29) is 18.3 Å². The van der Waals surface area contributed by atoms with Crippen LogP contribution in [0, 0.1) is 16.7 Å². The van der Waals surface area contributed by atoms with Crippen LogP contribution in [-0.2, 0) is 12.6 Å². The number of benzene rings is 2. The summed E-state index contributed by atoms with van der Waals surface area (Å²) in [6.07, 6.45) is -0.00945. The molecular weight excluding hydrogens is 579 g/mol. The summed E-state index contributed by atoms with van der Waals surface area (Å²) in [7, 11) is 1.85. The van der Waals surface area contributed by atoms with E-state index in [1.165, 1.54) is 12.4 Å². The fraction of sp³-hybridized carbons (Fsp3) is 0.367. The van der Waals surface area contributed by atoms with Crippen LogP contribution in [0.25, 0.3) is 21.9 Å². The standard InChI is InChI=1S/C30H29ClF3N9/c1-28(2,3)15-37-24-17(12-35)13-36-25-20(24)10-18(11-21(25)31)39-26(19-6-5-7-22-27(19)42(4)16-38-22)23-14-43(41-40-23)29(8-9-29)30(32,33)34/h5-7,10-11,13-14,16,26,39H,8-9,15H2,1-4H3,(H,36,37)/t26-/m0/s1. The number of nitrogens with one attached hydrogen (secondary N) is 2. The molecule has 6 rings (SSSR count). The number of hydrogen-bond acceptors (Lipinski definition) is 7. The van der Waals surface area contributed by atoms with Crippen LogP contribution in [0.4, 0.5) is 24.5 Å².